The summed E-state index contributed by atoms with van der Waals surface area (Å²) >= 11 is 0. The van der Waals surface area contributed by atoms with Gasteiger partial charge >= 0.3 is 0 Å². The fourth-order valence-electron chi connectivity index (χ4n) is 3.38. The molecule has 1 fully saturated rings. The fraction of sp³-hybridized carbons (Fsp3) is 0.947. The summed E-state index contributed by atoms with van der Waals surface area (Å²) in [5.74, 6) is 1.59. The van der Waals surface area contributed by atoms with E-state index in [1.54, 1.807) is 0 Å². The van der Waals surface area contributed by atoms with Crippen molar-refractivity contribution in [2.24, 2.45) is 10.9 Å². The van der Waals surface area contributed by atoms with Crippen LogP contribution < -0.4 is 16.0 Å². The molecule has 6 nitrogen and oxygen atoms in total. The number of guanidine groups is 1. The van der Waals surface area contributed by atoms with Crippen molar-refractivity contribution in [1.29, 1.82) is 0 Å². The maximum absolute atomic E-state index is 5.53. The van der Waals surface area contributed by atoms with Crippen molar-refractivity contribution in [3.05, 3.63) is 0 Å². The van der Waals surface area contributed by atoms with Crippen LogP contribution in [-0.4, -0.2) is 75.4 Å². The molecule has 1 unspecified atom stereocenters. The Morgan fingerprint density at radius 2 is 1.69 bits per heavy atom. The second-order valence-electron chi connectivity index (χ2n) is 7.85. The van der Waals surface area contributed by atoms with Crippen LogP contribution in [-0.2, 0) is 4.74 Å². The average Bonchev–Trinajstić information content (AvgIpc) is 2.60. The summed E-state index contributed by atoms with van der Waals surface area (Å²) in [7, 11) is 1.84. The van der Waals surface area contributed by atoms with Crippen LogP contribution in [0.2, 0.25) is 0 Å². The number of rotatable bonds is 9. The molecule has 26 heavy (non-hydrogen) atoms. The lowest BCUT2D eigenvalue weighted by molar-refractivity contribution is 0.00272. The highest BCUT2D eigenvalue weighted by molar-refractivity contribution is 14.0. The molecule has 1 rings (SSSR count). The quantitative estimate of drug-likeness (QED) is 0.203. The van der Waals surface area contributed by atoms with Gasteiger partial charge in [-0.15, -0.1) is 24.0 Å². The maximum Gasteiger partial charge on any atom is 0.191 e. The molecule has 0 aliphatic carbocycles. The minimum Gasteiger partial charge on any atom is -0.379 e. The van der Waals surface area contributed by atoms with Gasteiger partial charge in [0.2, 0.25) is 0 Å². The van der Waals surface area contributed by atoms with E-state index >= 15 is 0 Å². The molecule has 7 heteroatoms. The highest BCUT2D eigenvalue weighted by Gasteiger charge is 2.26. The summed E-state index contributed by atoms with van der Waals surface area (Å²) in [6.45, 7) is 17.6. The standard InChI is InChI=1S/C19H41N5O.HI/c1-7-16(8-2)17(24-11-13-25-14-12-24)15-22-18(20-6)21-9-10-23-19(3,4)5;/h16-17,23H,7-15H2,1-6H3,(H2,20,21,22);1H. The number of halogens is 1. The van der Waals surface area contributed by atoms with Gasteiger partial charge in [-0.2, -0.15) is 0 Å². The van der Waals surface area contributed by atoms with Crippen LogP contribution in [0.25, 0.3) is 0 Å². The largest absolute Gasteiger partial charge is 0.379 e. The topological polar surface area (TPSA) is 60.9 Å². The van der Waals surface area contributed by atoms with Gasteiger partial charge in [-0.1, -0.05) is 26.7 Å². The van der Waals surface area contributed by atoms with E-state index in [0.717, 1.165) is 51.9 Å². The van der Waals surface area contributed by atoms with Crippen molar-refractivity contribution < 1.29 is 4.74 Å². The summed E-state index contributed by atoms with van der Waals surface area (Å²) in [6, 6.07) is 0.533. The van der Waals surface area contributed by atoms with E-state index < -0.39 is 0 Å². The molecule has 0 saturated carbocycles. The molecular formula is C19H42IN5O. The van der Waals surface area contributed by atoms with Crippen molar-refractivity contribution in [2.45, 2.75) is 59.0 Å². The zero-order valence-corrected chi connectivity index (χ0v) is 20.1. The number of ether oxygens (including phenoxy) is 1. The fourth-order valence-corrected chi connectivity index (χ4v) is 3.38. The Morgan fingerprint density at radius 3 is 2.19 bits per heavy atom. The number of morpholine rings is 1. The molecule has 0 bridgehead atoms. The lowest BCUT2D eigenvalue weighted by Crippen LogP contribution is -2.53. The van der Waals surface area contributed by atoms with Crippen LogP contribution >= 0.6 is 24.0 Å². The minimum absolute atomic E-state index is 0. The van der Waals surface area contributed by atoms with Gasteiger partial charge in [0.1, 0.15) is 0 Å². The first-order chi connectivity index (χ1) is 11.9. The second-order valence-corrected chi connectivity index (χ2v) is 7.85. The van der Waals surface area contributed by atoms with Crippen LogP contribution in [0.1, 0.15) is 47.5 Å². The van der Waals surface area contributed by atoms with Crippen molar-refractivity contribution in [3.63, 3.8) is 0 Å². The zero-order valence-electron chi connectivity index (χ0n) is 17.7. The Morgan fingerprint density at radius 1 is 1.08 bits per heavy atom. The molecule has 1 saturated heterocycles. The molecular weight excluding hydrogens is 441 g/mol. The van der Waals surface area contributed by atoms with Gasteiger partial charge in [0.25, 0.3) is 0 Å². The lowest BCUT2D eigenvalue weighted by atomic mass is 9.92. The molecule has 0 radical (unpaired) electrons. The van der Waals surface area contributed by atoms with Crippen molar-refractivity contribution >= 4 is 29.9 Å². The Balaban J connectivity index is 0.00000625. The van der Waals surface area contributed by atoms with E-state index in [4.69, 9.17) is 4.74 Å². The summed E-state index contributed by atoms with van der Waals surface area (Å²) < 4.78 is 5.53. The molecule has 1 atom stereocenters. The minimum atomic E-state index is 0. The first kappa shape index (κ1) is 25.9. The Kier molecular flexibility index (Phi) is 13.9. The van der Waals surface area contributed by atoms with Crippen LogP contribution in [0.15, 0.2) is 4.99 Å². The van der Waals surface area contributed by atoms with Crippen molar-refractivity contribution in [2.75, 3.05) is 53.0 Å². The molecule has 0 amide bonds. The molecule has 1 aliphatic rings. The van der Waals surface area contributed by atoms with Gasteiger partial charge in [0, 0.05) is 51.4 Å². The molecule has 1 aliphatic heterocycles. The van der Waals surface area contributed by atoms with Crippen LogP contribution in [0.4, 0.5) is 0 Å². The van der Waals surface area contributed by atoms with Crippen molar-refractivity contribution in [3.8, 4) is 0 Å². The van der Waals surface area contributed by atoms with E-state index in [-0.39, 0.29) is 29.5 Å². The van der Waals surface area contributed by atoms with E-state index in [2.05, 4.69) is 60.5 Å². The normalized spacial score (nSPS) is 17.7. The van der Waals surface area contributed by atoms with E-state index in [0.29, 0.717) is 12.0 Å². The lowest BCUT2D eigenvalue weighted by Gasteiger charge is -2.39. The first-order valence-corrected chi connectivity index (χ1v) is 9.92. The summed E-state index contributed by atoms with van der Waals surface area (Å²) in [4.78, 5) is 6.96. The monoisotopic (exact) mass is 483 g/mol. The summed E-state index contributed by atoms with van der Waals surface area (Å²) in [6.07, 6.45) is 2.42. The van der Waals surface area contributed by atoms with Gasteiger partial charge in [0.15, 0.2) is 5.96 Å². The van der Waals surface area contributed by atoms with E-state index in [9.17, 15) is 0 Å². The summed E-state index contributed by atoms with van der Waals surface area (Å²) in [5.41, 5.74) is 0.148. The number of hydrogen-bond donors (Lipinski definition) is 3. The molecule has 0 aromatic carbocycles. The van der Waals surface area contributed by atoms with E-state index in [1.807, 2.05) is 7.05 Å². The third kappa shape index (κ3) is 10.3. The molecule has 1 heterocycles. The highest BCUT2D eigenvalue weighted by Crippen LogP contribution is 2.19. The third-order valence-corrected chi connectivity index (χ3v) is 4.88. The van der Waals surface area contributed by atoms with Crippen LogP contribution in [0.3, 0.4) is 0 Å². The molecule has 0 spiro atoms. The van der Waals surface area contributed by atoms with Gasteiger partial charge in [-0.3, -0.25) is 9.89 Å². The summed E-state index contributed by atoms with van der Waals surface area (Å²) in [5, 5.41) is 10.4. The SMILES string of the molecule is CCC(CC)C(CNC(=NC)NCCNC(C)(C)C)N1CCOCC1.I. The average molecular weight is 483 g/mol. The van der Waals surface area contributed by atoms with E-state index in [1.165, 1.54) is 12.8 Å². The van der Waals surface area contributed by atoms with Gasteiger partial charge in [0.05, 0.1) is 13.2 Å². The Bertz CT molecular complexity index is 377. The second kappa shape index (κ2) is 14.0. The first-order valence-electron chi connectivity index (χ1n) is 9.92. The maximum atomic E-state index is 5.53. The predicted octanol–water partition coefficient (Wildman–Crippen LogP) is 2.29. The Hall–Kier alpha value is -0.120. The number of aliphatic imine (C=N–C) groups is 1. The van der Waals surface area contributed by atoms with Gasteiger partial charge < -0.3 is 20.7 Å². The zero-order chi connectivity index (χ0) is 18.7. The molecule has 0 aromatic heterocycles. The number of nitrogens with one attached hydrogen (secondary N) is 3. The van der Waals surface area contributed by atoms with Crippen LogP contribution in [0, 0.1) is 5.92 Å². The number of hydrogen-bond acceptors (Lipinski definition) is 4. The van der Waals surface area contributed by atoms with Gasteiger partial charge in [-0.05, 0) is 26.7 Å². The highest BCUT2D eigenvalue weighted by atomic mass is 127. The van der Waals surface area contributed by atoms with Gasteiger partial charge in [-0.25, -0.2) is 0 Å². The number of nitrogens with zero attached hydrogens (tertiary/aromatic N) is 2. The smallest absolute Gasteiger partial charge is 0.191 e. The predicted molar refractivity (Wildman–Crippen MR) is 123 cm³/mol. The van der Waals surface area contributed by atoms with Crippen LogP contribution in [0.5, 0.6) is 0 Å². The molecule has 3 N–H and O–H groups in total. The van der Waals surface area contributed by atoms with Crippen molar-refractivity contribution in [1.82, 2.24) is 20.9 Å². The Labute approximate surface area is 178 Å². The molecule has 156 valence electrons. The third-order valence-electron chi connectivity index (χ3n) is 4.88. The molecule has 0 aromatic rings.